The maximum absolute atomic E-state index is 9.20. The van der Waals surface area contributed by atoms with Crippen LogP contribution in [-0.4, -0.2) is 15.0 Å². The molecular formula is C29H27N3O. The number of pyridine rings is 3. The molecule has 1 unspecified atom stereocenters. The van der Waals surface area contributed by atoms with Gasteiger partial charge in [-0.3, -0.25) is 9.97 Å². The molecule has 0 radical (unpaired) electrons. The number of furan rings is 1. The van der Waals surface area contributed by atoms with Gasteiger partial charge in [-0.1, -0.05) is 56.5 Å². The molecule has 0 spiro atoms. The van der Waals surface area contributed by atoms with Crippen LogP contribution in [0.3, 0.4) is 0 Å². The summed E-state index contributed by atoms with van der Waals surface area (Å²) in [5.74, 6) is -0.267. The Labute approximate surface area is 195 Å². The largest absolute Gasteiger partial charge is 0.437 e. The van der Waals surface area contributed by atoms with E-state index in [2.05, 4.69) is 40.1 Å². The van der Waals surface area contributed by atoms with Gasteiger partial charge in [-0.05, 0) is 54.0 Å². The van der Waals surface area contributed by atoms with E-state index in [0.29, 0.717) is 11.6 Å². The second-order valence-corrected chi connectivity index (χ2v) is 9.06. The highest BCUT2D eigenvalue weighted by Gasteiger charge is 2.22. The number of benzene rings is 1. The van der Waals surface area contributed by atoms with Crippen LogP contribution in [0.1, 0.15) is 51.9 Å². The Morgan fingerprint density at radius 1 is 0.909 bits per heavy atom. The second kappa shape index (κ2) is 8.43. The summed E-state index contributed by atoms with van der Waals surface area (Å²) in [6.07, 6.45) is 13.3. The minimum Gasteiger partial charge on any atom is -0.437 e. The van der Waals surface area contributed by atoms with E-state index >= 15 is 0 Å². The number of fused-ring (bicyclic) bond motifs is 3. The smallest absolute Gasteiger partial charge is 0.227 e. The van der Waals surface area contributed by atoms with Crippen molar-refractivity contribution >= 4 is 22.1 Å². The molecule has 1 aliphatic carbocycles. The van der Waals surface area contributed by atoms with Crippen molar-refractivity contribution in [3.8, 4) is 22.4 Å². The first-order chi connectivity index (χ1) is 16.6. The van der Waals surface area contributed by atoms with Crippen LogP contribution in [0.15, 0.2) is 77.7 Å². The van der Waals surface area contributed by atoms with Crippen LogP contribution in [-0.2, 0) is 0 Å². The van der Waals surface area contributed by atoms with Crippen LogP contribution in [0.25, 0.3) is 44.5 Å². The predicted molar refractivity (Wildman–Crippen MR) is 133 cm³/mol. The fourth-order valence-corrected chi connectivity index (χ4v) is 5.14. The molecule has 5 aromatic rings. The maximum atomic E-state index is 9.20. The molecule has 0 bridgehead atoms. The lowest BCUT2D eigenvalue weighted by molar-refractivity contribution is 0.316. The fourth-order valence-electron chi connectivity index (χ4n) is 5.14. The predicted octanol–water partition coefficient (Wildman–Crippen LogP) is 7.79. The Bertz CT molecular complexity index is 1470. The highest BCUT2D eigenvalue weighted by atomic mass is 16.3. The minimum absolute atomic E-state index is 0.372. The van der Waals surface area contributed by atoms with Gasteiger partial charge in [-0.2, -0.15) is 0 Å². The van der Waals surface area contributed by atoms with Gasteiger partial charge in [0, 0.05) is 37.1 Å². The summed E-state index contributed by atoms with van der Waals surface area (Å²) < 4.78 is 15.4. The van der Waals surface area contributed by atoms with Crippen molar-refractivity contribution in [2.75, 3.05) is 0 Å². The van der Waals surface area contributed by atoms with Crippen molar-refractivity contribution in [1.29, 1.82) is 0 Å². The number of rotatable bonds is 4. The summed E-state index contributed by atoms with van der Waals surface area (Å²) in [7, 11) is 0. The van der Waals surface area contributed by atoms with Gasteiger partial charge >= 0.3 is 0 Å². The van der Waals surface area contributed by atoms with E-state index in [0.717, 1.165) is 57.1 Å². The standard InChI is InChI=1S/C29H27N3O/c1-19(20-8-4-2-5-9-20)22-12-13-31-27(15-22)26-18-30-17-25-24-14-23(21-10-6-3-7-11-21)16-32-29(24)33-28(25)26/h3,6-7,10-20H,2,4-5,8-9H2,1H3/i19D. The molecule has 4 heteroatoms. The van der Waals surface area contributed by atoms with Gasteiger partial charge in [-0.15, -0.1) is 0 Å². The first-order valence-corrected chi connectivity index (χ1v) is 11.8. The Morgan fingerprint density at radius 3 is 2.61 bits per heavy atom. The minimum atomic E-state index is -0.639. The van der Waals surface area contributed by atoms with E-state index in [1.807, 2.05) is 48.9 Å². The maximum Gasteiger partial charge on any atom is 0.227 e. The average molecular weight is 435 g/mol. The second-order valence-electron chi connectivity index (χ2n) is 9.06. The Morgan fingerprint density at radius 2 is 1.76 bits per heavy atom. The molecule has 0 saturated heterocycles. The van der Waals surface area contributed by atoms with Crippen molar-refractivity contribution in [2.45, 2.75) is 44.9 Å². The average Bonchev–Trinajstić information content (AvgIpc) is 3.28. The van der Waals surface area contributed by atoms with Crippen molar-refractivity contribution in [3.05, 3.63) is 78.9 Å². The Kier molecular flexibility index (Phi) is 4.85. The van der Waals surface area contributed by atoms with E-state index in [4.69, 9.17) is 4.42 Å². The van der Waals surface area contributed by atoms with Crippen LogP contribution in [0, 0.1) is 5.92 Å². The van der Waals surface area contributed by atoms with Crippen molar-refractivity contribution in [2.24, 2.45) is 5.92 Å². The molecule has 1 saturated carbocycles. The monoisotopic (exact) mass is 434 g/mol. The topological polar surface area (TPSA) is 51.8 Å². The molecule has 0 aliphatic heterocycles. The van der Waals surface area contributed by atoms with Gasteiger partial charge in [0.2, 0.25) is 5.71 Å². The molecule has 1 atom stereocenters. The summed E-state index contributed by atoms with van der Waals surface area (Å²) >= 11 is 0. The molecule has 4 aromatic heterocycles. The molecule has 1 fully saturated rings. The zero-order valence-electron chi connectivity index (χ0n) is 19.8. The van der Waals surface area contributed by atoms with Gasteiger partial charge in [-0.25, -0.2) is 4.98 Å². The molecule has 0 amide bonds. The zero-order valence-corrected chi connectivity index (χ0v) is 18.8. The molecule has 4 nitrogen and oxygen atoms in total. The molecule has 6 rings (SSSR count). The van der Waals surface area contributed by atoms with Crippen LogP contribution < -0.4 is 0 Å². The van der Waals surface area contributed by atoms with Crippen LogP contribution in [0.5, 0.6) is 0 Å². The number of hydrogen-bond donors (Lipinski definition) is 0. The van der Waals surface area contributed by atoms with Crippen LogP contribution in [0.4, 0.5) is 0 Å². The summed E-state index contributed by atoms with van der Waals surface area (Å²) in [4.78, 5) is 13.8. The van der Waals surface area contributed by atoms with Gasteiger partial charge in [0.25, 0.3) is 0 Å². The lowest BCUT2D eigenvalue weighted by atomic mass is 9.78. The summed E-state index contributed by atoms with van der Waals surface area (Å²) in [6, 6.07) is 16.4. The molecule has 0 N–H and O–H groups in total. The number of nitrogens with zero attached hydrogens (tertiary/aromatic N) is 3. The van der Waals surface area contributed by atoms with Crippen LogP contribution in [0.2, 0.25) is 0 Å². The first kappa shape index (κ1) is 19.0. The highest BCUT2D eigenvalue weighted by molar-refractivity contribution is 6.08. The highest BCUT2D eigenvalue weighted by Crippen LogP contribution is 2.38. The molecule has 4 heterocycles. The van der Waals surface area contributed by atoms with E-state index in [1.165, 1.54) is 19.3 Å². The first-order valence-electron chi connectivity index (χ1n) is 12.3. The van der Waals surface area contributed by atoms with Gasteiger partial charge in [0.05, 0.1) is 16.6 Å². The molecule has 33 heavy (non-hydrogen) atoms. The van der Waals surface area contributed by atoms with E-state index in [1.54, 1.807) is 6.20 Å². The van der Waals surface area contributed by atoms with Crippen molar-refractivity contribution in [1.82, 2.24) is 15.0 Å². The van der Waals surface area contributed by atoms with Crippen molar-refractivity contribution in [3.63, 3.8) is 0 Å². The quantitative estimate of drug-likeness (QED) is 0.290. The number of aromatic nitrogens is 3. The van der Waals surface area contributed by atoms with Gasteiger partial charge in [0.15, 0.2) is 0 Å². The Hall–Kier alpha value is -3.53. The summed E-state index contributed by atoms with van der Waals surface area (Å²) in [5.41, 5.74) is 6.09. The molecule has 1 aliphatic rings. The normalized spacial score (nSPS) is 17.2. The third-order valence-electron chi connectivity index (χ3n) is 7.05. The van der Waals surface area contributed by atoms with Crippen LogP contribution >= 0.6 is 0 Å². The SMILES string of the molecule is [2H]C(C)(c1ccnc(-c2cncc3c2oc2ncc(-c4ccccc4)cc23)c1)C1CCCCC1. The molecular weight excluding hydrogens is 406 g/mol. The Balaban J connectivity index is 1.45. The van der Waals surface area contributed by atoms with E-state index in [9.17, 15) is 1.37 Å². The summed E-state index contributed by atoms with van der Waals surface area (Å²) in [5, 5.41) is 1.86. The lowest BCUT2D eigenvalue weighted by Gasteiger charge is -2.28. The summed E-state index contributed by atoms with van der Waals surface area (Å²) in [6.45, 7) is 2.05. The lowest BCUT2D eigenvalue weighted by Crippen LogP contribution is -2.14. The zero-order chi connectivity index (χ0) is 23.1. The van der Waals surface area contributed by atoms with E-state index < -0.39 is 5.89 Å². The van der Waals surface area contributed by atoms with Gasteiger partial charge < -0.3 is 4.42 Å². The number of hydrogen-bond acceptors (Lipinski definition) is 4. The fraction of sp³-hybridized carbons (Fsp3) is 0.276. The third-order valence-corrected chi connectivity index (χ3v) is 7.05. The van der Waals surface area contributed by atoms with Gasteiger partial charge in [0.1, 0.15) is 5.58 Å². The molecule has 1 aromatic carbocycles. The molecule has 164 valence electrons. The third kappa shape index (κ3) is 3.70. The van der Waals surface area contributed by atoms with Crippen molar-refractivity contribution < 1.29 is 5.79 Å². The van der Waals surface area contributed by atoms with E-state index in [-0.39, 0.29) is 0 Å².